The van der Waals surface area contributed by atoms with Gasteiger partial charge in [-0.2, -0.15) is 11.3 Å². The molecule has 2 N–H and O–H groups in total. The molecular weight excluding hydrogens is 250 g/mol. The quantitative estimate of drug-likeness (QED) is 0.865. The molecule has 1 unspecified atom stereocenters. The number of anilines is 1. The fraction of sp³-hybridized carbons (Fsp3) is 0.250. The summed E-state index contributed by atoms with van der Waals surface area (Å²) in [6.07, 6.45) is 3.67. The van der Waals surface area contributed by atoms with E-state index < -0.39 is 5.97 Å². The van der Waals surface area contributed by atoms with E-state index in [-0.39, 0.29) is 11.7 Å². The second-order valence-corrected chi connectivity index (χ2v) is 4.72. The largest absolute Gasteiger partial charge is 0.476 e. The monoisotopic (exact) mass is 263 g/mol. The Morgan fingerprint density at radius 2 is 2.28 bits per heavy atom. The van der Waals surface area contributed by atoms with Gasteiger partial charge in [0.05, 0.1) is 0 Å². The molecule has 0 spiro atoms. The molecule has 0 aliphatic carbocycles. The van der Waals surface area contributed by atoms with Crippen molar-refractivity contribution in [1.82, 2.24) is 9.97 Å². The standard InChI is InChI=1S/C12H13N3O2S/c1-8(6-9-2-5-18-7-9)15-11-10(12(16)17)13-3-4-14-11/h2-5,7-8H,6H2,1H3,(H,14,15)(H,16,17). The van der Waals surface area contributed by atoms with Crippen molar-refractivity contribution in [3.8, 4) is 0 Å². The highest BCUT2D eigenvalue weighted by molar-refractivity contribution is 7.07. The molecule has 0 aliphatic rings. The van der Waals surface area contributed by atoms with Crippen LogP contribution >= 0.6 is 11.3 Å². The number of hydrogen-bond donors (Lipinski definition) is 2. The van der Waals surface area contributed by atoms with Crippen LogP contribution in [0.1, 0.15) is 23.0 Å². The van der Waals surface area contributed by atoms with E-state index in [2.05, 4.69) is 26.7 Å². The Hall–Kier alpha value is -1.95. The van der Waals surface area contributed by atoms with E-state index in [9.17, 15) is 4.79 Å². The van der Waals surface area contributed by atoms with E-state index in [1.165, 1.54) is 18.0 Å². The number of hydrogen-bond acceptors (Lipinski definition) is 5. The molecule has 0 saturated heterocycles. The maximum Gasteiger partial charge on any atom is 0.358 e. The molecule has 0 amide bonds. The number of rotatable bonds is 5. The SMILES string of the molecule is CC(Cc1ccsc1)Nc1nccnc1C(=O)O. The van der Waals surface area contributed by atoms with E-state index in [1.807, 2.05) is 12.3 Å². The molecule has 0 radical (unpaired) electrons. The van der Waals surface area contributed by atoms with Gasteiger partial charge in [0, 0.05) is 18.4 Å². The Balaban J connectivity index is 2.07. The Labute approximate surface area is 109 Å². The Kier molecular flexibility index (Phi) is 3.88. The van der Waals surface area contributed by atoms with Crippen LogP contribution in [0.15, 0.2) is 29.2 Å². The lowest BCUT2D eigenvalue weighted by atomic mass is 10.1. The molecule has 0 fully saturated rings. The normalized spacial score (nSPS) is 12.1. The van der Waals surface area contributed by atoms with Gasteiger partial charge in [-0.05, 0) is 35.7 Å². The van der Waals surface area contributed by atoms with E-state index >= 15 is 0 Å². The van der Waals surface area contributed by atoms with Gasteiger partial charge in [0.1, 0.15) is 0 Å². The Morgan fingerprint density at radius 3 is 2.94 bits per heavy atom. The molecule has 6 heteroatoms. The van der Waals surface area contributed by atoms with E-state index in [0.29, 0.717) is 5.82 Å². The third kappa shape index (κ3) is 3.04. The average molecular weight is 263 g/mol. The molecule has 0 aliphatic heterocycles. The van der Waals surface area contributed by atoms with Gasteiger partial charge in [0.2, 0.25) is 0 Å². The lowest BCUT2D eigenvalue weighted by Crippen LogP contribution is -2.21. The van der Waals surface area contributed by atoms with Gasteiger partial charge in [0.15, 0.2) is 11.5 Å². The van der Waals surface area contributed by atoms with Crippen molar-refractivity contribution in [2.75, 3.05) is 5.32 Å². The zero-order chi connectivity index (χ0) is 13.0. The lowest BCUT2D eigenvalue weighted by Gasteiger charge is -2.14. The van der Waals surface area contributed by atoms with Gasteiger partial charge >= 0.3 is 5.97 Å². The second kappa shape index (κ2) is 5.59. The van der Waals surface area contributed by atoms with Gasteiger partial charge in [-0.3, -0.25) is 0 Å². The fourth-order valence-electron chi connectivity index (χ4n) is 1.65. The zero-order valence-electron chi connectivity index (χ0n) is 9.83. The van der Waals surface area contributed by atoms with Crippen LogP contribution in [-0.2, 0) is 6.42 Å². The van der Waals surface area contributed by atoms with Crippen LogP contribution in [0, 0.1) is 0 Å². The number of nitrogens with one attached hydrogen (secondary N) is 1. The van der Waals surface area contributed by atoms with Crippen molar-refractivity contribution in [3.05, 3.63) is 40.5 Å². The number of thiophene rings is 1. The summed E-state index contributed by atoms with van der Waals surface area (Å²) in [5.41, 5.74) is 1.18. The number of carbonyl (C=O) groups is 1. The first kappa shape index (κ1) is 12.5. The number of carboxylic acids is 1. The van der Waals surface area contributed by atoms with Crippen molar-refractivity contribution in [2.45, 2.75) is 19.4 Å². The number of aromatic nitrogens is 2. The molecule has 0 bridgehead atoms. The smallest absolute Gasteiger partial charge is 0.358 e. The highest BCUT2D eigenvalue weighted by Gasteiger charge is 2.14. The van der Waals surface area contributed by atoms with E-state index in [1.54, 1.807) is 11.3 Å². The molecule has 1 atom stereocenters. The lowest BCUT2D eigenvalue weighted by molar-refractivity contribution is 0.0691. The first-order chi connectivity index (χ1) is 8.66. The molecule has 0 saturated carbocycles. The summed E-state index contributed by atoms with van der Waals surface area (Å²) in [6, 6.07) is 2.15. The van der Waals surface area contributed by atoms with Crippen molar-refractivity contribution < 1.29 is 9.90 Å². The van der Waals surface area contributed by atoms with Gasteiger partial charge in [0.25, 0.3) is 0 Å². The molecule has 94 valence electrons. The van der Waals surface area contributed by atoms with Crippen LogP contribution < -0.4 is 5.32 Å². The minimum Gasteiger partial charge on any atom is -0.476 e. The van der Waals surface area contributed by atoms with Crippen molar-refractivity contribution >= 4 is 23.1 Å². The Bertz CT molecular complexity index is 528. The summed E-state index contributed by atoms with van der Waals surface area (Å²) in [4.78, 5) is 18.8. The van der Waals surface area contributed by atoms with Crippen LogP contribution in [0.4, 0.5) is 5.82 Å². The van der Waals surface area contributed by atoms with Crippen LogP contribution in [0.25, 0.3) is 0 Å². The maximum absolute atomic E-state index is 11.0. The van der Waals surface area contributed by atoms with E-state index in [4.69, 9.17) is 5.11 Å². The number of carboxylic acid groups (broad SMARTS) is 1. The predicted molar refractivity (Wildman–Crippen MR) is 70.1 cm³/mol. The highest BCUT2D eigenvalue weighted by atomic mass is 32.1. The van der Waals surface area contributed by atoms with E-state index in [0.717, 1.165) is 6.42 Å². The van der Waals surface area contributed by atoms with Crippen LogP contribution in [0.3, 0.4) is 0 Å². The summed E-state index contributed by atoms with van der Waals surface area (Å²) >= 11 is 1.65. The molecule has 2 rings (SSSR count). The summed E-state index contributed by atoms with van der Waals surface area (Å²) in [6.45, 7) is 1.98. The zero-order valence-corrected chi connectivity index (χ0v) is 10.6. The minimum atomic E-state index is -1.08. The molecule has 2 heterocycles. The van der Waals surface area contributed by atoms with Gasteiger partial charge in [-0.25, -0.2) is 14.8 Å². The minimum absolute atomic E-state index is 0.0466. The maximum atomic E-state index is 11.0. The summed E-state index contributed by atoms with van der Waals surface area (Å²) in [5, 5.41) is 16.2. The summed E-state index contributed by atoms with van der Waals surface area (Å²) in [7, 11) is 0. The first-order valence-electron chi connectivity index (χ1n) is 5.48. The first-order valence-corrected chi connectivity index (χ1v) is 6.43. The molecular formula is C12H13N3O2S. The third-order valence-electron chi connectivity index (χ3n) is 2.41. The van der Waals surface area contributed by atoms with Crippen molar-refractivity contribution in [3.63, 3.8) is 0 Å². The van der Waals surface area contributed by atoms with Crippen molar-refractivity contribution in [1.29, 1.82) is 0 Å². The molecule has 5 nitrogen and oxygen atoms in total. The van der Waals surface area contributed by atoms with Gasteiger partial charge < -0.3 is 10.4 Å². The summed E-state index contributed by atoms with van der Waals surface area (Å²) in [5.74, 6) is -0.763. The third-order valence-corrected chi connectivity index (χ3v) is 3.14. The van der Waals surface area contributed by atoms with Crippen LogP contribution in [-0.4, -0.2) is 27.1 Å². The summed E-state index contributed by atoms with van der Waals surface area (Å²) < 4.78 is 0. The topological polar surface area (TPSA) is 75.1 Å². The predicted octanol–water partition coefficient (Wildman–Crippen LogP) is 2.28. The van der Waals surface area contributed by atoms with Gasteiger partial charge in [-0.1, -0.05) is 0 Å². The Morgan fingerprint density at radius 1 is 1.50 bits per heavy atom. The molecule has 18 heavy (non-hydrogen) atoms. The molecule has 2 aromatic heterocycles. The average Bonchev–Trinajstić information content (AvgIpc) is 2.82. The second-order valence-electron chi connectivity index (χ2n) is 3.94. The highest BCUT2D eigenvalue weighted by Crippen LogP contribution is 2.13. The fourth-order valence-corrected chi connectivity index (χ4v) is 2.33. The molecule has 0 aromatic carbocycles. The van der Waals surface area contributed by atoms with Gasteiger partial charge in [-0.15, -0.1) is 0 Å². The number of aromatic carboxylic acids is 1. The van der Waals surface area contributed by atoms with Crippen LogP contribution in [0.5, 0.6) is 0 Å². The van der Waals surface area contributed by atoms with Crippen LogP contribution in [0.2, 0.25) is 0 Å². The van der Waals surface area contributed by atoms with Crippen molar-refractivity contribution in [2.24, 2.45) is 0 Å². The number of nitrogens with zero attached hydrogens (tertiary/aromatic N) is 2. The molecule has 2 aromatic rings.